The average Bonchev–Trinajstić information content (AvgIpc) is 3.67. The van der Waals surface area contributed by atoms with Crippen molar-refractivity contribution in [2.45, 2.75) is 64.6 Å². The Morgan fingerprint density at radius 1 is 1.16 bits per heavy atom. The predicted octanol–water partition coefficient (Wildman–Crippen LogP) is 4.55. The Balaban J connectivity index is 1.55. The van der Waals surface area contributed by atoms with Gasteiger partial charge >= 0.3 is 11.9 Å². The Morgan fingerprint density at radius 3 is 2.55 bits per heavy atom. The number of nitrogens with two attached hydrogens (primary N) is 1. The molecule has 0 spiro atoms. The molecule has 0 saturated carbocycles. The first-order valence-electron chi connectivity index (χ1n) is 14.5. The lowest BCUT2D eigenvalue weighted by molar-refractivity contribution is -0.152. The SMILES string of the molecule is CCCCc1nc(Cl)c(COC(=O)[C@H](CCCC(=O)O)N(CN)CS)n1Cc1ccc(-c2ccccc2-c2nn[nH]n2)cc1. The summed E-state index contributed by atoms with van der Waals surface area (Å²) in [6.45, 7) is 2.57. The molecule has 0 radical (unpaired) electrons. The molecule has 234 valence electrons. The van der Waals surface area contributed by atoms with E-state index in [-0.39, 0.29) is 37.1 Å². The van der Waals surface area contributed by atoms with Gasteiger partial charge in [0.2, 0.25) is 5.82 Å². The second-order valence-electron chi connectivity index (χ2n) is 10.3. The van der Waals surface area contributed by atoms with Crippen molar-refractivity contribution < 1.29 is 19.4 Å². The van der Waals surface area contributed by atoms with Crippen LogP contribution in [0.15, 0.2) is 48.5 Å². The Bertz CT molecular complexity index is 1510. The number of tetrazole rings is 1. The number of carboxylic acids is 1. The van der Waals surface area contributed by atoms with E-state index in [1.807, 2.05) is 53.1 Å². The van der Waals surface area contributed by atoms with Gasteiger partial charge in [0.05, 0.1) is 5.69 Å². The standard InChI is InChI=1S/C30H37ClN8O4S/c1-2-3-10-26-33-28(31)25(17-43-30(42)24(38(18-32)19-44)9-6-11-27(40)41)39(26)16-20-12-14-21(15-13-20)22-7-4-5-8-23(22)29-34-36-37-35-29/h4-5,7-8,12-15,24,44H,2-3,6,9-11,16-19,32H2,1H3,(H,40,41)(H,34,35,36,37)/t24-/m0/s1. The lowest BCUT2D eigenvalue weighted by atomic mass is 9.98. The van der Waals surface area contributed by atoms with E-state index in [0.29, 0.717) is 24.5 Å². The van der Waals surface area contributed by atoms with Crippen LogP contribution in [0, 0.1) is 0 Å². The largest absolute Gasteiger partial charge is 0.481 e. The van der Waals surface area contributed by atoms with Crippen LogP contribution in [0.3, 0.4) is 0 Å². The lowest BCUT2D eigenvalue weighted by Crippen LogP contribution is -2.44. The number of ether oxygens (including phenoxy) is 1. The van der Waals surface area contributed by atoms with Crippen molar-refractivity contribution in [2.75, 3.05) is 12.5 Å². The Morgan fingerprint density at radius 2 is 1.91 bits per heavy atom. The number of aryl methyl sites for hydroxylation is 1. The third kappa shape index (κ3) is 8.44. The zero-order chi connectivity index (χ0) is 31.5. The molecule has 0 saturated heterocycles. The second kappa shape index (κ2) is 16.3. The number of nitrogens with zero attached hydrogens (tertiary/aromatic N) is 6. The summed E-state index contributed by atoms with van der Waals surface area (Å²) in [5.41, 5.74) is 10.3. The maximum Gasteiger partial charge on any atom is 0.323 e. The van der Waals surface area contributed by atoms with Gasteiger partial charge in [-0.05, 0) is 41.2 Å². The number of carbonyl (C=O) groups excluding carboxylic acids is 1. The van der Waals surface area contributed by atoms with Gasteiger partial charge in [-0.3, -0.25) is 14.5 Å². The second-order valence-corrected chi connectivity index (χ2v) is 10.9. The highest BCUT2D eigenvalue weighted by Gasteiger charge is 2.27. The molecule has 0 aliphatic heterocycles. The number of unbranched alkanes of at least 4 members (excludes halogenated alkanes) is 1. The van der Waals surface area contributed by atoms with Gasteiger partial charge in [0.1, 0.15) is 18.5 Å². The predicted molar refractivity (Wildman–Crippen MR) is 170 cm³/mol. The molecule has 4 rings (SSSR count). The molecule has 44 heavy (non-hydrogen) atoms. The van der Waals surface area contributed by atoms with Gasteiger partial charge in [-0.1, -0.05) is 73.5 Å². The van der Waals surface area contributed by atoms with Crippen molar-refractivity contribution in [3.63, 3.8) is 0 Å². The highest BCUT2D eigenvalue weighted by molar-refractivity contribution is 7.80. The molecule has 4 aromatic rings. The molecule has 0 fully saturated rings. The number of halogens is 1. The number of nitrogens with one attached hydrogen (secondary N) is 1. The summed E-state index contributed by atoms with van der Waals surface area (Å²) in [7, 11) is 0. The monoisotopic (exact) mass is 640 g/mol. The van der Waals surface area contributed by atoms with E-state index in [4.69, 9.17) is 27.2 Å². The number of imidazole rings is 1. The number of esters is 1. The van der Waals surface area contributed by atoms with Crippen LogP contribution >= 0.6 is 24.2 Å². The summed E-state index contributed by atoms with van der Waals surface area (Å²) in [5.74, 6) is 0.107. The third-order valence-corrected chi connectivity index (χ3v) is 7.99. The Labute approximate surface area is 266 Å². The minimum absolute atomic E-state index is 0.0599. The number of carboxylic acid groups (broad SMARTS) is 1. The zero-order valence-corrected chi connectivity index (χ0v) is 26.2. The van der Waals surface area contributed by atoms with Gasteiger partial charge in [-0.2, -0.15) is 17.8 Å². The molecule has 0 amide bonds. The van der Waals surface area contributed by atoms with Crippen LogP contribution in [-0.2, 0) is 33.9 Å². The topological polar surface area (TPSA) is 165 Å². The van der Waals surface area contributed by atoms with Crippen LogP contribution in [0.25, 0.3) is 22.5 Å². The normalized spacial score (nSPS) is 12.0. The molecule has 2 heterocycles. The molecule has 0 bridgehead atoms. The van der Waals surface area contributed by atoms with Gasteiger partial charge in [-0.25, -0.2) is 4.98 Å². The van der Waals surface area contributed by atoms with Gasteiger partial charge in [0, 0.05) is 37.5 Å². The van der Waals surface area contributed by atoms with Crippen LogP contribution in [0.1, 0.15) is 56.1 Å². The van der Waals surface area contributed by atoms with Gasteiger partial charge in [-0.15, -0.1) is 10.2 Å². The summed E-state index contributed by atoms with van der Waals surface area (Å²) >= 11 is 10.9. The quantitative estimate of drug-likeness (QED) is 0.0731. The van der Waals surface area contributed by atoms with Crippen LogP contribution in [0.2, 0.25) is 5.15 Å². The molecule has 14 heteroatoms. The minimum atomic E-state index is -0.929. The maximum atomic E-state index is 13.2. The summed E-state index contributed by atoms with van der Waals surface area (Å²) in [6, 6.07) is 15.3. The first kappa shape index (κ1) is 33.1. The van der Waals surface area contributed by atoms with Crippen LogP contribution in [0.5, 0.6) is 0 Å². The van der Waals surface area contributed by atoms with Gasteiger partial charge in [0.15, 0.2) is 5.15 Å². The molecule has 4 N–H and O–H groups in total. The minimum Gasteiger partial charge on any atom is -0.481 e. The molecular weight excluding hydrogens is 604 g/mol. The molecule has 0 aliphatic carbocycles. The molecule has 2 aromatic heterocycles. The highest BCUT2D eigenvalue weighted by atomic mass is 35.5. The number of aromatic amines is 1. The van der Waals surface area contributed by atoms with Crippen molar-refractivity contribution in [1.29, 1.82) is 0 Å². The Hall–Kier alpha value is -3.78. The van der Waals surface area contributed by atoms with E-state index in [9.17, 15) is 9.59 Å². The van der Waals surface area contributed by atoms with Crippen molar-refractivity contribution in [3.8, 4) is 22.5 Å². The fraction of sp³-hybridized carbons (Fsp3) is 0.400. The van der Waals surface area contributed by atoms with E-state index >= 15 is 0 Å². The fourth-order valence-electron chi connectivity index (χ4n) is 4.95. The molecule has 0 unspecified atom stereocenters. The van der Waals surface area contributed by atoms with E-state index in [1.165, 1.54) is 0 Å². The number of thiol groups is 1. The van der Waals surface area contributed by atoms with E-state index in [2.05, 4.69) is 45.2 Å². The molecule has 2 aromatic carbocycles. The lowest BCUT2D eigenvalue weighted by Gasteiger charge is -2.27. The average molecular weight is 641 g/mol. The van der Waals surface area contributed by atoms with Crippen molar-refractivity contribution in [3.05, 3.63) is 70.8 Å². The van der Waals surface area contributed by atoms with Crippen LogP contribution in [0.4, 0.5) is 0 Å². The van der Waals surface area contributed by atoms with Crippen LogP contribution in [-0.4, -0.2) is 70.7 Å². The Kier molecular flexibility index (Phi) is 12.3. The first-order chi connectivity index (χ1) is 21.4. The zero-order valence-electron chi connectivity index (χ0n) is 24.5. The third-order valence-electron chi connectivity index (χ3n) is 7.32. The van der Waals surface area contributed by atoms with Gasteiger partial charge in [0.25, 0.3) is 0 Å². The first-order valence-corrected chi connectivity index (χ1v) is 15.5. The number of aliphatic carboxylic acids is 1. The van der Waals surface area contributed by atoms with Crippen molar-refractivity contribution >= 4 is 36.2 Å². The van der Waals surface area contributed by atoms with E-state index in [0.717, 1.165) is 47.3 Å². The number of benzene rings is 2. The molecular formula is C30H37ClN8O4S. The maximum absolute atomic E-state index is 13.2. The van der Waals surface area contributed by atoms with Crippen molar-refractivity contribution in [2.24, 2.45) is 5.73 Å². The summed E-state index contributed by atoms with van der Waals surface area (Å²) in [6.07, 6.45) is 3.15. The number of aromatic nitrogens is 6. The van der Waals surface area contributed by atoms with Crippen LogP contribution < -0.4 is 5.73 Å². The molecule has 0 aliphatic rings. The number of rotatable bonds is 17. The number of hydrogen-bond acceptors (Lipinski definition) is 10. The highest BCUT2D eigenvalue weighted by Crippen LogP contribution is 2.30. The van der Waals surface area contributed by atoms with E-state index in [1.54, 1.807) is 4.90 Å². The van der Waals surface area contributed by atoms with Gasteiger partial charge < -0.3 is 20.1 Å². The number of H-pyrrole nitrogens is 1. The smallest absolute Gasteiger partial charge is 0.323 e. The number of carbonyl (C=O) groups is 2. The summed E-state index contributed by atoms with van der Waals surface area (Å²) in [5, 5.41) is 23.8. The summed E-state index contributed by atoms with van der Waals surface area (Å²) < 4.78 is 7.76. The fourth-order valence-corrected chi connectivity index (χ4v) is 5.52. The number of hydrogen-bond donors (Lipinski definition) is 4. The molecule has 12 nitrogen and oxygen atoms in total. The van der Waals surface area contributed by atoms with Crippen molar-refractivity contribution in [1.82, 2.24) is 35.1 Å². The molecule has 1 atom stereocenters. The van der Waals surface area contributed by atoms with E-state index < -0.39 is 18.0 Å². The summed E-state index contributed by atoms with van der Waals surface area (Å²) in [4.78, 5) is 30.5.